The maximum atomic E-state index is 13.2. The second-order valence-electron chi connectivity index (χ2n) is 11.4. The molecule has 43 heavy (non-hydrogen) atoms. The summed E-state index contributed by atoms with van der Waals surface area (Å²) in [7, 11) is 0. The Bertz CT molecular complexity index is 1500. The maximum absolute atomic E-state index is 13.2. The number of alkyl carbamates (subject to hydrolysis) is 1. The smallest absolute Gasteiger partial charge is 0.422 e. The van der Waals surface area contributed by atoms with E-state index in [1.165, 1.54) is 0 Å². The number of ether oxygens (including phenoxy) is 2. The molecule has 10 heteroatoms. The third kappa shape index (κ3) is 7.57. The summed E-state index contributed by atoms with van der Waals surface area (Å²) in [6.07, 6.45) is -1.73. The van der Waals surface area contributed by atoms with Gasteiger partial charge in [0.15, 0.2) is 6.10 Å². The summed E-state index contributed by atoms with van der Waals surface area (Å²) in [6, 6.07) is 20.3. The number of fused-ring (bicyclic) bond motifs is 1. The number of hydrogen-bond donors (Lipinski definition) is 2. The van der Waals surface area contributed by atoms with Crippen molar-refractivity contribution in [3.05, 3.63) is 78.4 Å². The van der Waals surface area contributed by atoms with Crippen molar-refractivity contribution in [3.63, 3.8) is 0 Å². The molecule has 1 heterocycles. The van der Waals surface area contributed by atoms with Crippen LogP contribution in [0.3, 0.4) is 0 Å². The van der Waals surface area contributed by atoms with E-state index < -0.39 is 53.4 Å². The number of hydrogen-bond acceptors (Lipinski definition) is 7. The van der Waals surface area contributed by atoms with Crippen LogP contribution >= 0.6 is 0 Å². The SMILES string of the molecule is CCCC[C@H](NC(=O)O[C@@H]1C(=O)N(C(=O)Oc2ccc3ccccc3c2)CC1(C)C)C(=O)C(=O)N[C@H](C)c1ccccc1. The van der Waals surface area contributed by atoms with Crippen LogP contribution < -0.4 is 15.4 Å². The van der Waals surface area contributed by atoms with Crippen molar-refractivity contribution in [1.29, 1.82) is 0 Å². The van der Waals surface area contributed by atoms with Gasteiger partial charge in [0.2, 0.25) is 5.78 Å². The van der Waals surface area contributed by atoms with Gasteiger partial charge in [-0.25, -0.2) is 14.5 Å². The molecule has 1 saturated heterocycles. The van der Waals surface area contributed by atoms with E-state index in [0.29, 0.717) is 6.42 Å². The Kier molecular flexibility index (Phi) is 9.80. The van der Waals surface area contributed by atoms with Crippen molar-refractivity contribution in [2.45, 2.75) is 65.1 Å². The Labute approximate surface area is 250 Å². The first-order valence-corrected chi connectivity index (χ1v) is 14.4. The second kappa shape index (κ2) is 13.5. The van der Waals surface area contributed by atoms with E-state index in [1.807, 2.05) is 67.6 Å². The molecule has 10 nitrogen and oxygen atoms in total. The van der Waals surface area contributed by atoms with Crippen LogP contribution in [0, 0.1) is 5.41 Å². The lowest BCUT2D eigenvalue weighted by Gasteiger charge is -2.25. The first kappa shape index (κ1) is 31.2. The molecule has 0 aromatic heterocycles. The van der Waals surface area contributed by atoms with E-state index in [0.717, 1.165) is 27.7 Å². The van der Waals surface area contributed by atoms with Gasteiger partial charge in [-0.15, -0.1) is 0 Å². The molecule has 3 atom stereocenters. The van der Waals surface area contributed by atoms with Crippen LogP contribution in [-0.2, 0) is 19.1 Å². The average Bonchev–Trinajstić information content (AvgIpc) is 3.22. The Morgan fingerprint density at radius 2 is 1.63 bits per heavy atom. The lowest BCUT2D eigenvalue weighted by molar-refractivity contribution is -0.139. The summed E-state index contributed by atoms with van der Waals surface area (Å²) >= 11 is 0. The van der Waals surface area contributed by atoms with E-state index in [9.17, 15) is 24.0 Å². The van der Waals surface area contributed by atoms with Crippen LogP contribution in [0.2, 0.25) is 0 Å². The van der Waals surface area contributed by atoms with Gasteiger partial charge in [-0.2, -0.15) is 0 Å². The summed E-state index contributed by atoms with van der Waals surface area (Å²) in [5, 5.41) is 6.99. The van der Waals surface area contributed by atoms with Crippen molar-refractivity contribution >= 4 is 40.6 Å². The number of carbonyl (C=O) groups is 5. The van der Waals surface area contributed by atoms with Crippen LogP contribution in [0.25, 0.3) is 10.8 Å². The largest absolute Gasteiger partial charge is 0.435 e. The minimum absolute atomic E-state index is 0.0475. The summed E-state index contributed by atoms with van der Waals surface area (Å²) in [6.45, 7) is 7.00. The molecule has 0 saturated carbocycles. The minimum Gasteiger partial charge on any atom is -0.435 e. The third-order valence-electron chi connectivity index (χ3n) is 7.46. The Balaban J connectivity index is 1.39. The Morgan fingerprint density at radius 1 is 0.953 bits per heavy atom. The first-order chi connectivity index (χ1) is 20.5. The van der Waals surface area contributed by atoms with Gasteiger partial charge in [0.1, 0.15) is 11.8 Å². The lowest BCUT2D eigenvalue weighted by atomic mass is 9.90. The van der Waals surface area contributed by atoms with E-state index in [1.54, 1.807) is 32.9 Å². The van der Waals surface area contributed by atoms with E-state index in [2.05, 4.69) is 10.6 Å². The zero-order valence-corrected chi connectivity index (χ0v) is 24.8. The van der Waals surface area contributed by atoms with E-state index in [-0.39, 0.29) is 18.7 Å². The zero-order valence-electron chi connectivity index (χ0n) is 24.8. The normalized spacial score (nSPS) is 17.2. The molecule has 0 spiro atoms. The van der Waals surface area contributed by atoms with Crippen LogP contribution in [-0.4, -0.2) is 53.4 Å². The minimum atomic E-state index is -1.31. The molecule has 4 rings (SSSR count). The summed E-state index contributed by atoms with van der Waals surface area (Å²) < 4.78 is 11.0. The predicted octanol–water partition coefficient (Wildman–Crippen LogP) is 5.31. The molecule has 3 aromatic carbocycles. The Hall–Kier alpha value is -4.73. The molecule has 1 fully saturated rings. The molecule has 1 aliphatic rings. The van der Waals surface area contributed by atoms with Crippen LogP contribution in [0.15, 0.2) is 72.8 Å². The maximum Gasteiger partial charge on any atom is 0.422 e. The van der Waals surface area contributed by atoms with E-state index in [4.69, 9.17) is 9.47 Å². The lowest BCUT2D eigenvalue weighted by Crippen LogP contribution is -2.49. The number of nitrogens with zero attached hydrogens (tertiary/aromatic N) is 1. The highest BCUT2D eigenvalue weighted by Gasteiger charge is 2.52. The summed E-state index contributed by atoms with van der Waals surface area (Å²) in [5.74, 6) is -2.12. The second-order valence-corrected chi connectivity index (χ2v) is 11.4. The molecule has 0 unspecified atom stereocenters. The molecular formula is C33H37N3O7. The highest BCUT2D eigenvalue weighted by Crippen LogP contribution is 2.34. The number of nitrogens with one attached hydrogen (secondary N) is 2. The molecule has 2 N–H and O–H groups in total. The zero-order chi connectivity index (χ0) is 31.1. The highest BCUT2D eigenvalue weighted by atomic mass is 16.6. The first-order valence-electron chi connectivity index (χ1n) is 14.4. The number of amides is 4. The predicted molar refractivity (Wildman–Crippen MR) is 160 cm³/mol. The monoisotopic (exact) mass is 587 g/mol. The molecule has 1 aliphatic heterocycles. The average molecular weight is 588 g/mol. The van der Waals surface area contributed by atoms with Gasteiger partial charge in [-0.05, 0) is 41.8 Å². The molecular weight excluding hydrogens is 550 g/mol. The highest BCUT2D eigenvalue weighted by molar-refractivity contribution is 6.38. The van der Waals surface area contributed by atoms with Crippen molar-refractivity contribution in [2.75, 3.05) is 6.54 Å². The molecule has 0 bridgehead atoms. The number of ketones is 1. The molecule has 0 aliphatic carbocycles. The van der Waals surface area contributed by atoms with Crippen molar-refractivity contribution in [2.24, 2.45) is 5.41 Å². The topological polar surface area (TPSA) is 131 Å². The van der Waals surface area contributed by atoms with Crippen molar-refractivity contribution in [1.82, 2.24) is 15.5 Å². The van der Waals surface area contributed by atoms with Crippen molar-refractivity contribution in [3.8, 4) is 5.75 Å². The van der Waals surface area contributed by atoms with Gasteiger partial charge in [0.05, 0.1) is 6.04 Å². The number of carbonyl (C=O) groups excluding carboxylic acids is 5. The fourth-order valence-corrected chi connectivity index (χ4v) is 5.01. The number of Topliss-reactive ketones (excluding diaryl/α,β-unsaturated/α-hetero) is 1. The van der Waals surface area contributed by atoms with Gasteiger partial charge in [-0.1, -0.05) is 94.3 Å². The quantitative estimate of drug-likeness (QED) is 0.308. The molecule has 0 radical (unpaired) electrons. The fraction of sp³-hybridized carbons (Fsp3) is 0.364. The van der Waals surface area contributed by atoms with Gasteiger partial charge < -0.3 is 20.1 Å². The molecule has 4 amide bonds. The molecule has 3 aromatic rings. The molecule has 226 valence electrons. The fourth-order valence-electron chi connectivity index (χ4n) is 5.01. The van der Waals surface area contributed by atoms with Crippen LogP contribution in [0.1, 0.15) is 58.6 Å². The standard InChI is InChI=1S/C33H37N3O7/c1-5-6-16-26(27(37)29(38)34-21(2)22-12-8-7-9-13-22)35-31(40)43-28-30(39)36(20-33(28,3)4)32(41)42-25-18-17-23-14-10-11-15-24(23)19-25/h7-15,17-19,21,26,28H,5-6,16,20H2,1-4H3,(H,34,38)(H,35,40)/t21-,26+,28-/m1/s1. The van der Waals surface area contributed by atoms with Gasteiger partial charge in [0, 0.05) is 12.0 Å². The summed E-state index contributed by atoms with van der Waals surface area (Å²) in [4.78, 5) is 65.9. The number of rotatable bonds is 10. The number of imide groups is 1. The number of benzene rings is 3. The van der Waals surface area contributed by atoms with Gasteiger partial charge >= 0.3 is 12.2 Å². The van der Waals surface area contributed by atoms with Gasteiger partial charge in [0.25, 0.3) is 11.8 Å². The van der Waals surface area contributed by atoms with Crippen LogP contribution in [0.5, 0.6) is 5.75 Å². The van der Waals surface area contributed by atoms with E-state index >= 15 is 0 Å². The number of likely N-dealkylation sites (tertiary alicyclic amines) is 1. The summed E-state index contributed by atoms with van der Waals surface area (Å²) in [5.41, 5.74) is -0.116. The van der Waals surface area contributed by atoms with Crippen LogP contribution in [0.4, 0.5) is 9.59 Å². The van der Waals surface area contributed by atoms with Gasteiger partial charge in [-0.3, -0.25) is 14.4 Å². The van der Waals surface area contributed by atoms with Crippen molar-refractivity contribution < 1.29 is 33.4 Å². The Morgan fingerprint density at radius 3 is 2.33 bits per heavy atom. The third-order valence-corrected chi connectivity index (χ3v) is 7.46. The number of unbranched alkanes of at least 4 members (excludes halogenated alkanes) is 1.